The van der Waals surface area contributed by atoms with E-state index in [0.717, 1.165) is 5.56 Å². The first-order valence-corrected chi connectivity index (χ1v) is 6.47. The molecule has 0 aliphatic heterocycles. The number of nitrogens with zero attached hydrogens (tertiary/aromatic N) is 5. The van der Waals surface area contributed by atoms with Crippen LogP contribution in [0.3, 0.4) is 0 Å². The van der Waals surface area contributed by atoms with Crippen LogP contribution >= 0.6 is 0 Å². The number of rotatable bonds is 3. The van der Waals surface area contributed by atoms with Crippen LogP contribution in [0.25, 0.3) is 11.3 Å². The third-order valence-electron chi connectivity index (χ3n) is 2.75. The predicted molar refractivity (Wildman–Crippen MR) is 73.2 cm³/mol. The van der Waals surface area contributed by atoms with E-state index < -0.39 is 5.97 Å². The molecule has 2 rings (SSSR count). The number of esters is 1. The second-order valence-electron chi connectivity index (χ2n) is 5.49. The monoisotopic (exact) mass is 277 g/mol. The Labute approximate surface area is 117 Å². The molecule has 0 aliphatic rings. The van der Waals surface area contributed by atoms with Gasteiger partial charge >= 0.3 is 5.97 Å². The van der Waals surface area contributed by atoms with Gasteiger partial charge in [0.2, 0.25) is 0 Å². The molecule has 0 radical (unpaired) electrons. The maximum absolute atomic E-state index is 12.0. The van der Waals surface area contributed by atoms with Crippen LogP contribution in [0.4, 0.5) is 0 Å². The molecule has 2 heterocycles. The highest BCUT2D eigenvalue weighted by atomic mass is 16.5. The highest BCUT2D eigenvalue weighted by molar-refractivity contribution is 5.94. The average molecular weight is 277 g/mol. The summed E-state index contributed by atoms with van der Waals surface area (Å²) in [5, 5.41) is 12.2. The second kappa shape index (κ2) is 5.07. The Balaban J connectivity index is 2.60. The van der Waals surface area contributed by atoms with Crippen LogP contribution in [0.15, 0.2) is 12.4 Å². The molecule has 0 N–H and O–H groups in total. The Bertz CT molecular complexity index is 621. The fourth-order valence-electron chi connectivity index (χ4n) is 1.89. The maximum Gasteiger partial charge on any atom is 0.361 e. The molecule has 2 aromatic heterocycles. The summed E-state index contributed by atoms with van der Waals surface area (Å²) in [6, 6.07) is 0. The van der Waals surface area contributed by atoms with Crippen LogP contribution in [-0.2, 0) is 17.3 Å². The first-order valence-electron chi connectivity index (χ1n) is 6.47. The molecule has 0 fully saturated rings. The SMILES string of the molecule is CCOC(=O)c1nnn(C(C)(C)C)c1-c1cnn(C)c1. The second-order valence-corrected chi connectivity index (χ2v) is 5.49. The molecule has 0 amide bonds. The Morgan fingerprint density at radius 2 is 2.10 bits per heavy atom. The smallest absolute Gasteiger partial charge is 0.361 e. The number of aromatic nitrogens is 5. The van der Waals surface area contributed by atoms with Crippen molar-refractivity contribution < 1.29 is 9.53 Å². The van der Waals surface area contributed by atoms with Gasteiger partial charge in [0, 0.05) is 18.8 Å². The van der Waals surface area contributed by atoms with E-state index in [2.05, 4.69) is 15.4 Å². The number of hydrogen-bond acceptors (Lipinski definition) is 5. The largest absolute Gasteiger partial charge is 0.461 e. The van der Waals surface area contributed by atoms with E-state index in [1.807, 2.05) is 34.0 Å². The third-order valence-corrected chi connectivity index (χ3v) is 2.75. The Morgan fingerprint density at radius 1 is 1.40 bits per heavy atom. The molecular formula is C13H19N5O2. The lowest BCUT2D eigenvalue weighted by atomic mass is 10.1. The standard InChI is InChI=1S/C13H19N5O2/c1-6-20-12(19)10-11(9-7-14-17(5)8-9)18(16-15-10)13(2,3)4/h7-8H,6H2,1-5H3. The van der Waals surface area contributed by atoms with Crippen LogP contribution in [-0.4, -0.2) is 37.4 Å². The molecule has 2 aromatic rings. The zero-order valence-electron chi connectivity index (χ0n) is 12.4. The van der Waals surface area contributed by atoms with Crippen LogP contribution in [0.1, 0.15) is 38.2 Å². The van der Waals surface area contributed by atoms with Crippen molar-refractivity contribution in [3.05, 3.63) is 18.1 Å². The summed E-state index contributed by atoms with van der Waals surface area (Å²) in [6.07, 6.45) is 3.51. The van der Waals surface area contributed by atoms with E-state index in [9.17, 15) is 4.79 Å². The van der Waals surface area contributed by atoms with Gasteiger partial charge in [-0.15, -0.1) is 5.10 Å². The van der Waals surface area contributed by atoms with Crippen molar-refractivity contribution in [2.45, 2.75) is 33.2 Å². The lowest BCUT2D eigenvalue weighted by Crippen LogP contribution is -2.24. The molecule has 0 spiro atoms. The summed E-state index contributed by atoms with van der Waals surface area (Å²) in [6.45, 7) is 8.05. The summed E-state index contributed by atoms with van der Waals surface area (Å²) in [5.74, 6) is -0.471. The van der Waals surface area contributed by atoms with E-state index in [1.54, 1.807) is 22.5 Å². The number of carbonyl (C=O) groups is 1. The van der Waals surface area contributed by atoms with Crippen molar-refractivity contribution in [3.63, 3.8) is 0 Å². The first-order chi connectivity index (χ1) is 9.34. The molecular weight excluding hydrogens is 258 g/mol. The van der Waals surface area contributed by atoms with Gasteiger partial charge in [0.1, 0.15) is 5.69 Å². The molecule has 0 bridgehead atoms. The van der Waals surface area contributed by atoms with Gasteiger partial charge in [-0.05, 0) is 27.7 Å². The van der Waals surface area contributed by atoms with E-state index in [1.165, 1.54) is 0 Å². The van der Waals surface area contributed by atoms with Crippen LogP contribution in [0, 0.1) is 0 Å². The Morgan fingerprint density at radius 3 is 2.60 bits per heavy atom. The summed E-state index contributed by atoms with van der Waals surface area (Å²) in [4.78, 5) is 12.0. The van der Waals surface area contributed by atoms with Gasteiger partial charge in [-0.1, -0.05) is 5.21 Å². The van der Waals surface area contributed by atoms with Crippen molar-refractivity contribution in [3.8, 4) is 11.3 Å². The van der Waals surface area contributed by atoms with Crippen LogP contribution in [0.5, 0.6) is 0 Å². The lowest BCUT2D eigenvalue weighted by Gasteiger charge is -2.21. The van der Waals surface area contributed by atoms with Crippen molar-refractivity contribution in [2.24, 2.45) is 7.05 Å². The van der Waals surface area contributed by atoms with Crippen LogP contribution in [0.2, 0.25) is 0 Å². The molecule has 0 saturated carbocycles. The van der Waals surface area contributed by atoms with Crippen LogP contribution < -0.4 is 0 Å². The number of aryl methyl sites for hydroxylation is 1. The molecule has 0 atom stereocenters. The first kappa shape index (κ1) is 14.2. The minimum Gasteiger partial charge on any atom is -0.461 e. The molecule has 108 valence electrons. The fraction of sp³-hybridized carbons (Fsp3) is 0.538. The van der Waals surface area contributed by atoms with Crippen molar-refractivity contribution >= 4 is 5.97 Å². The topological polar surface area (TPSA) is 74.8 Å². The van der Waals surface area contributed by atoms with Crippen molar-refractivity contribution in [1.29, 1.82) is 0 Å². The highest BCUT2D eigenvalue weighted by Gasteiger charge is 2.28. The fourth-order valence-corrected chi connectivity index (χ4v) is 1.89. The van der Waals surface area contributed by atoms with Gasteiger partial charge in [-0.2, -0.15) is 5.10 Å². The van der Waals surface area contributed by atoms with Gasteiger partial charge < -0.3 is 4.74 Å². The zero-order valence-corrected chi connectivity index (χ0v) is 12.4. The predicted octanol–water partition coefficient (Wildman–Crippen LogP) is 1.61. The Hall–Kier alpha value is -2.18. The summed E-state index contributed by atoms with van der Waals surface area (Å²) in [7, 11) is 1.82. The van der Waals surface area contributed by atoms with Gasteiger partial charge in [0.15, 0.2) is 5.69 Å². The minimum absolute atomic E-state index is 0.217. The van der Waals surface area contributed by atoms with E-state index in [4.69, 9.17) is 4.74 Å². The number of carbonyl (C=O) groups excluding carboxylic acids is 1. The summed E-state index contributed by atoms with van der Waals surface area (Å²) < 4.78 is 8.43. The van der Waals surface area contributed by atoms with Gasteiger partial charge in [0.05, 0.1) is 18.3 Å². The maximum atomic E-state index is 12.0. The number of hydrogen-bond donors (Lipinski definition) is 0. The van der Waals surface area contributed by atoms with E-state index >= 15 is 0 Å². The van der Waals surface area contributed by atoms with Crippen molar-refractivity contribution in [2.75, 3.05) is 6.61 Å². The highest BCUT2D eigenvalue weighted by Crippen LogP contribution is 2.27. The van der Waals surface area contributed by atoms with E-state index in [-0.39, 0.29) is 11.2 Å². The molecule has 7 nitrogen and oxygen atoms in total. The lowest BCUT2D eigenvalue weighted by molar-refractivity contribution is 0.0520. The molecule has 0 aromatic carbocycles. The normalized spacial score (nSPS) is 11.7. The van der Waals surface area contributed by atoms with Crippen molar-refractivity contribution in [1.82, 2.24) is 24.8 Å². The Kier molecular flexibility index (Phi) is 3.61. The number of ether oxygens (including phenoxy) is 1. The van der Waals surface area contributed by atoms with Gasteiger partial charge in [0.25, 0.3) is 0 Å². The zero-order chi connectivity index (χ0) is 14.9. The van der Waals surface area contributed by atoms with E-state index in [0.29, 0.717) is 12.3 Å². The third kappa shape index (κ3) is 2.56. The average Bonchev–Trinajstić information content (AvgIpc) is 2.93. The molecule has 0 saturated heterocycles. The van der Waals surface area contributed by atoms with Gasteiger partial charge in [-0.3, -0.25) is 4.68 Å². The quantitative estimate of drug-likeness (QED) is 0.797. The molecule has 20 heavy (non-hydrogen) atoms. The molecule has 7 heteroatoms. The molecule has 0 aliphatic carbocycles. The summed E-state index contributed by atoms with van der Waals surface area (Å²) >= 11 is 0. The molecule has 0 unspecified atom stereocenters. The minimum atomic E-state index is -0.471. The summed E-state index contributed by atoms with van der Waals surface area (Å²) in [5.41, 5.74) is 1.33. The van der Waals surface area contributed by atoms with Gasteiger partial charge in [-0.25, -0.2) is 9.48 Å².